The summed E-state index contributed by atoms with van der Waals surface area (Å²) in [6, 6.07) is 29.9. The summed E-state index contributed by atoms with van der Waals surface area (Å²) >= 11 is 0. The number of carbonyl (C=O) groups is 1. The van der Waals surface area contributed by atoms with Gasteiger partial charge in [-0.15, -0.1) is 0 Å². The molecule has 0 aliphatic heterocycles. The molecule has 1 aromatic heterocycles. The second-order valence-electron chi connectivity index (χ2n) is 7.99. The normalized spacial score (nSPS) is 10.5. The number of ether oxygens (including phenoxy) is 1. The van der Waals surface area contributed by atoms with E-state index in [0.717, 1.165) is 34.7 Å². The number of hydrogen-bond donors (Lipinski definition) is 1. The average Bonchev–Trinajstić information content (AvgIpc) is 2.91. The van der Waals surface area contributed by atoms with E-state index in [1.165, 1.54) is 0 Å². The van der Waals surface area contributed by atoms with E-state index in [0.29, 0.717) is 25.3 Å². The molecule has 1 heterocycles. The lowest BCUT2D eigenvalue weighted by atomic mass is 10.1. The third kappa shape index (κ3) is 6.23. The Morgan fingerprint density at radius 2 is 1.62 bits per heavy atom. The van der Waals surface area contributed by atoms with E-state index in [9.17, 15) is 4.79 Å². The summed E-state index contributed by atoms with van der Waals surface area (Å²) in [5.74, 6) is 0.786. The minimum absolute atomic E-state index is 0.0990. The van der Waals surface area contributed by atoms with Crippen LogP contribution in [0.15, 0.2) is 103 Å². The number of nitrogens with zero attached hydrogens (tertiary/aromatic N) is 2. The van der Waals surface area contributed by atoms with Crippen LogP contribution < -0.4 is 15.0 Å². The number of anilines is 1. The van der Waals surface area contributed by atoms with Gasteiger partial charge in [-0.05, 0) is 54.4 Å². The van der Waals surface area contributed by atoms with Crippen LogP contribution in [0.1, 0.15) is 34.0 Å². The molecule has 0 spiro atoms. The minimum atomic E-state index is -0.0990. The number of rotatable bonds is 10. The Morgan fingerprint density at radius 1 is 0.882 bits per heavy atom. The molecular weight excluding hydrogens is 422 g/mol. The van der Waals surface area contributed by atoms with Gasteiger partial charge in [0.05, 0.1) is 0 Å². The van der Waals surface area contributed by atoms with Gasteiger partial charge in [0.25, 0.3) is 5.91 Å². The average molecular weight is 452 g/mol. The molecule has 0 radical (unpaired) electrons. The summed E-state index contributed by atoms with van der Waals surface area (Å²) in [5, 5.41) is 2.94. The number of aromatic nitrogens is 1. The van der Waals surface area contributed by atoms with Crippen molar-refractivity contribution < 1.29 is 9.53 Å². The third-order valence-electron chi connectivity index (χ3n) is 5.62. The number of pyridine rings is 1. The second-order valence-corrected chi connectivity index (χ2v) is 7.99. The fourth-order valence-corrected chi connectivity index (χ4v) is 3.71. The molecule has 0 saturated heterocycles. The summed E-state index contributed by atoms with van der Waals surface area (Å²) in [6.45, 7) is 4.66. The van der Waals surface area contributed by atoms with Crippen LogP contribution in [0, 0.1) is 0 Å². The highest BCUT2D eigenvalue weighted by atomic mass is 16.5. The van der Waals surface area contributed by atoms with Crippen LogP contribution in [-0.4, -0.2) is 17.4 Å². The lowest BCUT2D eigenvalue weighted by Gasteiger charge is -2.24. The summed E-state index contributed by atoms with van der Waals surface area (Å²) < 4.78 is 6.13. The topological polar surface area (TPSA) is 54.5 Å². The van der Waals surface area contributed by atoms with Crippen molar-refractivity contribution in [1.82, 2.24) is 10.3 Å². The maximum absolute atomic E-state index is 12.5. The summed E-state index contributed by atoms with van der Waals surface area (Å²) in [4.78, 5) is 18.9. The lowest BCUT2D eigenvalue weighted by Crippen LogP contribution is -2.24. The number of carbonyl (C=O) groups excluding carboxylic acids is 1. The van der Waals surface area contributed by atoms with E-state index in [1.807, 2.05) is 72.8 Å². The van der Waals surface area contributed by atoms with Crippen molar-refractivity contribution in [2.24, 2.45) is 0 Å². The van der Waals surface area contributed by atoms with Crippen molar-refractivity contribution in [3.8, 4) is 5.75 Å². The van der Waals surface area contributed by atoms with Gasteiger partial charge >= 0.3 is 0 Å². The highest BCUT2D eigenvalue weighted by Crippen LogP contribution is 2.24. The molecule has 4 aromatic rings. The van der Waals surface area contributed by atoms with Crippen LogP contribution >= 0.6 is 0 Å². The molecule has 1 amide bonds. The molecule has 0 bridgehead atoms. The highest BCUT2D eigenvalue weighted by Gasteiger charge is 2.12. The molecule has 0 aliphatic rings. The maximum Gasteiger partial charge on any atom is 0.251 e. The Balaban J connectivity index is 1.39. The molecule has 3 aromatic carbocycles. The summed E-state index contributed by atoms with van der Waals surface area (Å²) in [6.07, 6.45) is 3.47. The van der Waals surface area contributed by atoms with Crippen LogP contribution in [0.2, 0.25) is 0 Å². The van der Waals surface area contributed by atoms with Gasteiger partial charge in [0, 0.05) is 48.8 Å². The van der Waals surface area contributed by atoms with Gasteiger partial charge in [-0.3, -0.25) is 9.78 Å². The molecule has 0 unspecified atom stereocenters. The number of benzene rings is 3. The fourth-order valence-electron chi connectivity index (χ4n) is 3.71. The number of amides is 1. The molecule has 5 nitrogen and oxygen atoms in total. The van der Waals surface area contributed by atoms with Gasteiger partial charge in [-0.1, -0.05) is 54.6 Å². The second kappa shape index (κ2) is 11.7. The Labute approximate surface area is 201 Å². The maximum atomic E-state index is 12.5. The molecule has 5 heteroatoms. The zero-order chi connectivity index (χ0) is 23.6. The van der Waals surface area contributed by atoms with E-state index in [4.69, 9.17) is 4.74 Å². The lowest BCUT2D eigenvalue weighted by molar-refractivity contribution is 0.0951. The standard InChI is InChI=1S/C29H29N3O2/c1-2-32(21-26-12-6-7-13-28(26)34-22-23-9-4-3-5-10-23)27-16-14-25(15-17-27)29(33)31-20-24-11-8-18-30-19-24/h3-19H,2,20-22H2,1H3,(H,31,33). The Kier molecular flexibility index (Phi) is 7.90. The first-order chi connectivity index (χ1) is 16.7. The molecule has 0 fully saturated rings. The van der Waals surface area contributed by atoms with Crippen LogP contribution in [-0.2, 0) is 19.7 Å². The fraction of sp³-hybridized carbons (Fsp3) is 0.172. The smallest absolute Gasteiger partial charge is 0.251 e. The predicted octanol–water partition coefficient (Wildman–Crippen LogP) is 5.62. The Hall–Kier alpha value is -4.12. The highest BCUT2D eigenvalue weighted by molar-refractivity contribution is 5.94. The Morgan fingerprint density at radius 3 is 2.35 bits per heavy atom. The van der Waals surface area contributed by atoms with Gasteiger partial charge in [0.2, 0.25) is 0 Å². The largest absolute Gasteiger partial charge is 0.489 e. The van der Waals surface area contributed by atoms with E-state index in [1.54, 1.807) is 12.4 Å². The van der Waals surface area contributed by atoms with Gasteiger partial charge < -0.3 is 15.0 Å². The van der Waals surface area contributed by atoms with Crippen molar-refractivity contribution in [3.05, 3.63) is 126 Å². The third-order valence-corrected chi connectivity index (χ3v) is 5.62. The molecule has 34 heavy (non-hydrogen) atoms. The van der Waals surface area contributed by atoms with Gasteiger partial charge in [-0.25, -0.2) is 0 Å². The van der Waals surface area contributed by atoms with Crippen molar-refractivity contribution >= 4 is 11.6 Å². The first-order valence-corrected chi connectivity index (χ1v) is 11.5. The molecule has 1 N–H and O–H groups in total. The summed E-state index contributed by atoms with van der Waals surface area (Å²) in [7, 11) is 0. The molecule has 0 aliphatic carbocycles. The van der Waals surface area contributed by atoms with E-state index in [-0.39, 0.29) is 5.91 Å². The van der Waals surface area contributed by atoms with Gasteiger partial charge in [0.1, 0.15) is 12.4 Å². The molecule has 0 atom stereocenters. The molecule has 4 rings (SSSR count). The summed E-state index contributed by atoms with van der Waals surface area (Å²) in [5.41, 5.74) is 4.93. The number of hydrogen-bond acceptors (Lipinski definition) is 4. The van der Waals surface area contributed by atoms with Crippen LogP contribution in [0.25, 0.3) is 0 Å². The van der Waals surface area contributed by atoms with E-state index >= 15 is 0 Å². The van der Waals surface area contributed by atoms with Crippen LogP contribution in [0.5, 0.6) is 5.75 Å². The van der Waals surface area contributed by atoms with Gasteiger partial charge in [-0.2, -0.15) is 0 Å². The van der Waals surface area contributed by atoms with E-state index < -0.39 is 0 Å². The van der Waals surface area contributed by atoms with Crippen LogP contribution in [0.4, 0.5) is 5.69 Å². The van der Waals surface area contributed by atoms with Gasteiger partial charge in [0.15, 0.2) is 0 Å². The first kappa shape index (κ1) is 23.1. The molecular formula is C29H29N3O2. The zero-order valence-electron chi connectivity index (χ0n) is 19.4. The van der Waals surface area contributed by atoms with Crippen LogP contribution in [0.3, 0.4) is 0 Å². The molecule has 172 valence electrons. The first-order valence-electron chi connectivity index (χ1n) is 11.5. The minimum Gasteiger partial charge on any atom is -0.489 e. The monoisotopic (exact) mass is 451 g/mol. The zero-order valence-corrected chi connectivity index (χ0v) is 19.4. The van der Waals surface area contributed by atoms with Crippen molar-refractivity contribution in [1.29, 1.82) is 0 Å². The Bertz CT molecular complexity index is 1180. The number of nitrogens with one attached hydrogen (secondary N) is 1. The molecule has 0 saturated carbocycles. The van der Waals surface area contributed by atoms with E-state index in [2.05, 4.69) is 40.3 Å². The SMILES string of the molecule is CCN(Cc1ccccc1OCc1ccccc1)c1ccc(C(=O)NCc2cccnc2)cc1. The van der Waals surface area contributed by atoms with Crippen molar-refractivity contribution in [2.45, 2.75) is 26.6 Å². The van der Waals surface area contributed by atoms with Crippen molar-refractivity contribution in [3.63, 3.8) is 0 Å². The van der Waals surface area contributed by atoms with Crippen molar-refractivity contribution in [2.75, 3.05) is 11.4 Å². The predicted molar refractivity (Wildman–Crippen MR) is 136 cm³/mol. The number of para-hydroxylation sites is 1. The quantitative estimate of drug-likeness (QED) is 0.340.